The summed E-state index contributed by atoms with van der Waals surface area (Å²) in [5.41, 5.74) is 0.760. The fourth-order valence-corrected chi connectivity index (χ4v) is 5.22. The summed E-state index contributed by atoms with van der Waals surface area (Å²) in [5, 5.41) is 0. The van der Waals surface area contributed by atoms with Gasteiger partial charge in [0.15, 0.2) is 5.41 Å². The number of hydrogen-bond acceptors (Lipinski definition) is 3. The van der Waals surface area contributed by atoms with Crippen molar-refractivity contribution in [1.82, 2.24) is 4.90 Å². The summed E-state index contributed by atoms with van der Waals surface area (Å²) in [6, 6.07) is 17.7. The van der Waals surface area contributed by atoms with Gasteiger partial charge in [-0.15, -0.1) is 0 Å². The fraction of sp³-hybridized carbons (Fsp3) is 0.333. The van der Waals surface area contributed by atoms with E-state index in [4.69, 9.17) is 4.74 Å². The Hall–Kier alpha value is -2.40. The molecule has 29 heavy (non-hydrogen) atoms. The van der Waals surface area contributed by atoms with Gasteiger partial charge in [0, 0.05) is 23.0 Å². The number of carbonyl (C=O) groups is 2. The summed E-state index contributed by atoms with van der Waals surface area (Å²) in [6.07, 6.45) is 6.24. The molecule has 1 heterocycles. The number of halogens is 1. The van der Waals surface area contributed by atoms with Crippen LogP contribution in [0.25, 0.3) is 0 Å². The number of esters is 1. The molecular formula is C24H24BrNO3. The summed E-state index contributed by atoms with van der Waals surface area (Å²) >= 11 is 3.58. The van der Waals surface area contributed by atoms with Crippen molar-refractivity contribution in [3.05, 3.63) is 82.3 Å². The first-order valence-electron chi connectivity index (χ1n) is 9.91. The third-order valence-electron chi connectivity index (χ3n) is 6.17. The maximum absolute atomic E-state index is 13.9. The van der Waals surface area contributed by atoms with Crippen molar-refractivity contribution in [3.63, 3.8) is 0 Å². The van der Waals surface area contributed by atoms with Crippen molar-refractivity contribution in [1.29, 1.82) is 0 Å². The number of ether oxygens (including phenoxy) is 1. The van der Waals surface area contributed by atoms with E-state index in [1.165, 1.54) is 7.11 Å². The predicted octanol–water partition coefficient (Wildman–Crippen LogP) is 4.53. The van der Waals surface area contributed by atoms with Crippen LogP contribution in [-0.2, 0) is 27.3 Å². The third kappa shape index (κ3) is 3.42. The number of hydrogen-bond donors (Lipinski definition) is 0. The van der Waals surface area contributed by atoms with E-state index in [1.54, 1.807) is 0 Å². The van der Waals surface area contributed by atoms with Crippen molar-refractivity contribution in [2.24, 2.45) is 11.3 Å². The second-order valence-electron chi connectivity index (χ2n) is 7.75. The minimum atomic E-state index is -1.24. The van der Waals surface area contributed by atoms with E-state index >= 15 is 0 Å². The van der Waals surface area contributed by atoms with E-state index in [9.17, 15) is 9.59 Å². The van der Waals surface area contributed by atoms with Gasteiger partial charge in [0.1, 0.15) is 0 Å². The Morgan fingerprint density at radius 3 is 2.62 bits per heavy atom. The van der Waals surface area contributed by atoms with Crippen LogP contribution < -0.4 is 0 Å². The van der Waals surface area contributed by atoms with Crippen molar-refractivity contribution < 1.29 is 14.3 Å². The standard InChI is InChI=1S/C24H24BrNO3/c1-29-23(28)24(15-18-11-5-7-13-20(18)25)19-12-6-8-14-21(19)26(22(24)27)16-17-9-3-2-4-10-17/h2-7,9-13,19,21H,8,14-16H2,1H3/t19-,21+,24-/m0/s1. The lowest BCUT2D eigenvalue weighted by Gasteiger charge is -2.32. The molecule has 0 bridgehead atoms. The molecule has 1 fully saturated rings. The maximum atomic E-state index is 13.9. The molecule has 0 radical (unpaired) electrons. The van der Waals surface area contributed by atoms with Gasteiger partial charge in [0.25, 0.3) is 0 Å². The van der Waals surface area contributed by atoms with Gasteiger partial charge < -0.3 is 9.64 Å². The highest BCUT2D eigenvalue weighted by Gasteiger charge is 2.63. The van der Waals surface area contributed by atoms with Gasteiger partial charge in [-0.3, -0.25) is 9.59 Å². The lowest BCUT2D eigenvalue weighted by atomic mass is 9.69. The Bertz CT molecular complexity index is 942. The normalized spacial score (nSPS) is 25.7. The molecule has 4 rings (SSSR count). The number of likely N-dealkylation sites (tertiary alicyclic amines) is 1. The lowest BCUT2D eigenvalue weighted by Crippen LogP contribution is -2.46. The molecule has 2 aromatic rings. The summed E-state index contributed by atoms with van der Waals surface area (Å²) in [5.74, 6) is -0.784. The fourth-order valence-electron chi connectivity index (χ4n) is 4.79. The van der Waals surface area contributed by atoms with Crippen LogP contribution in [0.15, 0.2) is 71.2 Å². The minimum Gasteiger partial charge on any atom is -0.468 e. The molecule has 1 amide bonds. The van der Waals surface area contributed by atoms with Crippen LogP contribution >= 0.6 is 15.9 Å². The first-order chi connectivity index (χ1) is 14.1. The van der Waals surface area contributed by atoms with Crippen LogP contribution in [0.2, 0.25) is 0 Å². The van der Waals surface area contributed by atoms with Gasteiger partial charge in [0.2, 0.25) is 5.91 Å². The Morgan fingerprint density at radius 1 is 1.17 bits per heavy atom. The van der Waals surface area contributed by atoms with E-state index in [0.717, 1.165) is 28.4 Å². The Labute approximate surface area is 179 Å². The molecule has 2 aliphatic rings. The molecule has 4 nitrogen and oxygen atoms in total. The molecule has 1 saturated heterocycles. The highest BCUT2D eigenvalue weighted by Crippen LogP contribution is 2.50. The van der Waals surface area contributed by atoms with Crippen LogP contribution in [0.3, 0.4) is 0 Å². The van der Waals surface area contributed by atoms with E-state index in [2.05, 4.69) is 28.1 Å². The third-order valence-corrected chi connectivity index (χ3v) is 6.95. The van der Waals surface area contributed by atoms with E-state index in [0.29, 0.717) is 13.0 Å². The van der Waals surface area contributed by atoms with Crippen LogP contribution in [0.5, 0.6) is 0 Å². The summed E-state index contributed by atoms with van der Waals surface area (Å²) in [6.45, 7) is 0.503. The van der Waals surface area contributed by atoms with Gasteiger partial charge in [-0.05, 0) is 36.5 Å². The topological polar surface area (TPSA) is 46.6 Å². The van der Waals surface area contributed by atoms with Gasteiger partial charge in [-0.25, -0.2) is 0 Å². The SMILES string of the molecule is COC(=O)[C@]1(Cc2ccccc2Br)C(=O)N(Cc2ccccc2)[C@@H]2CCC=C[C@@H]21. The smallest absolute Gasteiger partial charge is 0.322 e. The molecule has 1 aliphatic heterocycles. The summed E-state index contributed by atoms with van der Waals surface area (Å²) < 4.78 is 6.13. The van der Waals surface area contributed by atoms with Gasteiger partial charge in [-0.2, -0.15) is 0 Å². The summed E-state index contributed by atoms with van der Waals surface area (Å²) in [7, 11) is 1.37. The van der Waals surface area contributed by atoms with Gasteiger partial charge in [0.05, 0.1) is 7.11 Å². The minimum absolute atomic E-state index is 0.00528. The number of allylic oxidation sites excluding steroid dienone is 1. The first kappa shape index (κ1) is 19.9. The summed E-state index contributed by atoms with van der Waals surface area (Å²) in [4.78, 5) is 29.0. The van der Waals surface area contributed by atoms with Crippen molar-refractivity contribution >= 4 is 27.8 Å². The number of amides is 1. The molecule has 0 aromatic heterocycles. The quantitative estimate of drug-likeness (QED) is 0.379. The molecule has 0 saturated carbocycles. The van der Waals surface area contributed by atoms with E-state index in [-0.39, 0.29) is 17.9 Å². The van der Waals surface area contributed by atoms with Crippen LogP contribution in [0.1, 0.15) is 24.0 Å². The molecular weight excluding hydrogens is 430 g/mol. The highest BCUT2D eigenvalue weighted by molar-refractivity contribution is 9.10. The average molecular weight is 454 g/mol. The zero-order chi connectivity index (χ0) is 20.4. The van der Waals surface area contributed by atoms with Crippen molar-refractivity contribution in [2.45, 2.75) is 31.8 Å². The van der Waals surface area contributed by atoms with Gasteiger partial charge in [-0.1, -0.05) is 76.6 Å². The monoisotopic (exact) mass is 453 g/mol. The molecule has 150 valence electrons. The number of fused-ring (bicyclic) bond motifs is 1. The van der Waals surface area contributed by atoms with Crippen molar-refractivity contribution in [2.75, 3.05) is 7.11 Å². The Kier molecular flexibility index (Phi) is 5.59. The molecule has 1 aliphatic carbocycles. The first-order valence-corrected chi connectivity index (χ1v) is 10.7. The number of nitrogens with zero attached hydrogens (tertiary/aromatic N) is 1. The molecule has 3 atom stereocenters. The Balaban J connectivity index is 1.79. The molecule has 5 heteroatoms. The molecule has 0 unspecified atom stereocenters. The number of rotatable bonds is 5. The van der Waals surface area contributed by atoms with Crippen molar-refractivity contribution in [3.8, 4) is 0 Å². The number of methoxy groups -OCH3 is 1. The maximum Gasteiger partial charge on any atom is 0.322 e. The van der Waals surface area contributed by atoms with Gasteiger partial charge >= 0.3 is 5.97 Å². The average Bonchev–Trinajstić information content (AvgIpc) is 2.99. The zero-order valence-electron chi connectivity index (χ0n) is 16.4. The zero-order valence-corrected chi connectivity index (χ0v) is 18.0. The van der Waals surface area contributed by atoms with Crippen LogP contribution in [0.4, 0.5) is 0 Å². The van der Waals surface area contributed by atoms with Crippen LogP contribution in [-0.4, -0.2) is 29.9 Å². The predicted molar refractivity (Wildman–Crippen MR) is 115 cm³/mol. The molecule has 0 N–H and O–H groups in total. The second kappa shape index (κ2) is 8.15. The highest BCUT2D eigenvalue weighted by atomic mass is 79.9. The number of benzene rings is 2. The van der Waals surface area contributed by atoms with E-state index in [1.807, 2.05) is 59.5 Å². The molecule has 0 spiro atoms. The lowest BCUT2D eigenvalue weighted by molar-refractivity contribution is -0.160. The largest absolute Gasteiger partial charge is 0.468 e. The van der Waals surface area contributed by atoms with Crippen LogP contribution in [0, 0.1) is 11.3 Å². The number of carbonyl (C=O) groups excluding carboxylic acids is 2. The Morgan fingerprint density at radius 2 is 1.90 bits per heavy atom. The molecule has 2 aromatic carbocycles. The second-order valence-corrected chi connectivity index (χ2v) is 8.60. The van der Waals surface area contributed by atoms with E-state index < -0.39 is 11.4 Å².